The summed E-state index contributed by atoms with van der Waals surface area (Å²) in [5.41, 5.74) is 0. The maximum absolute atomic E-state index is 10.2. The monoisotopic (exact) mass is 190 g/mol. The van der Waals surface area contributed by atoms with Crippen molar-refractivity contribution in [3.05, 3.63) is 0 Å². The zero-order chi connectivity index (χ0) is 4.50. The molecule has 0 rings (SSSR count). The fraction of sp³-hybridized carbons (Fsp3) is 0. The van der Waals surface area contributed by atoms with Crippen molar-refractivity contribution in [3.63, 3.8) is 0 Å². The van der Waals surface area contributed by atoms with Crippen LogP contribution < -0.4 is 0 Å². The molecule has 0 atom stereocenters. The van der Waals surface area contributed by atoms with Crippen LogP contribution in [0.3, 0.4) is 0 Å². The maximum atomic E-state index is 10.2. The number of rotatable bonds is 0. The first-order valence-corrected chi connectivity index (χ1v) is 2.01. The zero-order valence-electron chi connectivity index (χ0n) is 2.05. The molecule has 0 aromatic carbocycles. The van der Waals surface area contributed by atoms with Crippen LogP contribution in [0.4, 0.5) is 3.89 Å². The minimum absolute atomic E-state index is 0. The van der Waals surface area contributed by atoms with Crippen molar-refractivity contribution in [3.8, 4) is 0 Å². The first-order valence-electron chi connectivity index (χ1n) is 0.670. The molecule has 0 heterocycles. The molecule has 0 fully saturated rings. The summed E-state index contributed by atoms with van der Waals surface area (Å²) in [5, 5.41) is 0. The van der Waals surface area contributed by atoms with Crippen molar-refractivity contribution in [2.45, 2.75) is 0 Å². The van der Waals surface area contributed by atoms with Crippen molar-refractivity contribution in [1.29, 1.82) is 0 Å². The summed E-state index contributed by atoms with van der Waals surface area (Å²) >= 11 is 0. The van der Waals surface area contributed by atoms with E-state index < -0.39 is 10.5 Å². The van der Waals surface area contributed by atoms with Crippen molar-refractivity contribution >= 4 is 56.0 Å². The molecule has 36 valence electrons. The van der Waals surface area contributed by atoms with E-state index in [1.54, 1.807) is 0 Å². The summed E-state index contributed by atoms with van der Waals surface area (Å²) in [7, 11) is -5.17. The fourth-order valence-electron chi connectivity index (χ4n) is 0. The van der Waals surface area contributed by atoms with Gasteiger partial charge in [0.1, 0.15) is 0 Å². The van der Waals surface area contributed by atoms with Gasteiger partial charge < -0.3 is 0 Å². The summed E-state index contributed by atoms with van der Waals surface area (Å²) in [5.74, 6) is 0. The molecule has 0 saturated carbocycles. The third kappa shape index (κ3) is 57.0. The molecule has 6 heteroatoms. The second-order valence-corrected chi connectivity index (χ2v) is 1.24. The Morgan fingerprint density at radius 1 is 1.50 bits per heavy atom. The molecule has 0 unspecified atom stereocenters. The molecule has 1 N–H and O–H groups in total. The second-order valence-electron chi connectivity index (χ2n) is 0.412. The van der Waals surface area contributed by atoms with Gasteiger partial charge in [-0.15, -0.1) is 0 Å². The van der Waals surface area contributed by atoms with Gasteiger partial charge in [-0.2, -0.15) is 8.42 Å². The average Bonchev–Trinajstić information content (AvgIpc) is 0.722. The van der Waals surface area contributed by atoms with E-state index in [0.29, 0.717) is 0 Å². The zero-order valence-corrected chi connectivity index (χ0v) is 2.87. The van der Waals surface area contributed by atoms with Gasteiger partial charge in [0, 0.05) is 0 Å². The fourth-order valence-corrected chi connectivity index (χ4v) is 0. The SMILES string of the molecule is O=S(=O)(O)F.[SrH2]. The summed E-state index contributed by atoms with van der Waals surface area (Å²) in [6.45, 7) is 0. The van der Waals surface area contributed by atoms with Crippen molar-refractivity contribution in [1.82, 2.24) is 0 Å². The van der Waals surface area contributed by atoms with Gasteiger partial charge in [0.05, 0.1) is 0 Å². The van der Waals surface area contributed by atoms with Gasteiger partial charge in [0.2, 0.25) is 0 Å². The van der Waals surface area contributed by atoms with Gasteiger partial charge in [-0.3, -0.25) is 4.55 Å². The Morgan fingerprint density at radius 3 is 1.50 bits per heavy atom. The molecule has 0 spiro atoms. The number of halogens is 1. The molecule has 0 aliphatic heterocycles. The molecule has 0 bridgehead atoms. The third-order valence-electron chi connectivity index (χ3n) is 0. The van der Waals surface area contributed by atoms with Gasteiger partial charge in [0.15, 0.2) is 0 Å². The van der Waals surface area contributed by atoms with Gasteiger partial charge >= 0.3 is 56.0 Å². The van der Waals surface area contributed by atoms with Crippen LogP contribution in [0.1, 0.15) is 0 Å². The third-order valence-corrected chi connectivity index (χ3v) is 0. The first kappa shape index (κ1) is 10.3. The van der Waals surface area contributed by atoms with Crippen LogP contribution in [-0.2, 0) is 10.5 Å². The molecule has 0 aliphatic carbocycles. The Hall–Kier alpha value is 1.32. The second kappa shape index (κ2) is 3.34. The van der Waals surface area contributed by atoms with E-state index in [9.17, 15) is 3.89 Å². The average molecular weight is 190 g/mol. The molecule has 0 radical (unpaired) electrons. The van der Waals surface area contributed by atoms with Crippen molar-refractivity contribution in [2.24, 2.45) is 0 Å². The predicted octanol–water partition coefficient (Wildman–Crippen LogP) is -1.16. The Balaban J connectivity index is 0. The van der Waals surface area contributed by atoms with Crippen LogP contribution in [0.5, 0.6) is 0 Å². The Morgan fingerprint density at radius 2 is 1.50 bits per heavy atom. The molecular formula is H3FO3SSr. The Labute approximate surface area is 71.9 Å². The van der Waals surface area contributed by atoms with E-state index in [2.05, 4.69) is 0 Å². The summed E-state index contributed by atoms with van der Waals surface area (Å²) in [4.78, 5) is 0. The van der Waals surface area contributed by atoms with Crippen LogP contribution in [0.15, 0.2) is 0 Å². The number of hydrogen-bond donors (Lipinski definition) is 1. The molecule has 0 amide bonds. The van der Waals surface area contributed by atoms with Gasteiger partial charge in [-0.25, -0.2) is 0 Å². The van der Waals surface area contributed by atoms with Crippen LogP contribution in [0.25, 0.3) is 0 Å². The van der Waals surface area contributed by atoms with E-state index >= 15 is 0 Å². The number of hydrogen-bond acceptors (Lipinski definition) is 2. The Kier molecular flexibility index (Phi) is 5.75. The van der Waals surface area contributed by atoms with Crippen molar-refractivity contribution < 1.29 is 16.9 Å². The normalized spacial score (nSPS) is 9.67. The first-order chi connectivity index (χ1) is 2.00. The summed E-state index contributed by atoms with van der Waals surface area (Å²) in [6, 6.07) is 0. The van der Waals surface area contributed by atoms with E-state index in [-0.39, 0.29) is 45.5 Å². The van der Waals surface area contributed by atoms with E-state index in [1.807, 2.05) is 0 Å². The van der Waals surface area contributed by atoms with Gasteiger partial charge in [-0.05, 0) is 0 Å². The van der Waals surface area contributed by atoms with Crippen LogP contribution in [0.2, 0.25) is 0 Å². The molecule has 0 aliphatic rings. The van der Waals surface area contributed by atoms with Crippen molar-refractivity contribution in [2.75, 3.05) is 0 Å². The molecule has 6 heavy (non-hydrogen) atoms. The quantitative estimate of drug-likeness (QED) is 0.297. The summed E-state index contributed by atoms with van der Waals surface area (Å²) < 4.78 is 34.1. The van der Waals surface area contributed by atoms with E-state index in [0.717, 1.165) is 0 Å². The Bertz CT molecular complexity index is 94.0. The topological polar surface area (TPSA) is 54.4 Å². The van der Waals surface area contributed by atoms with Gasteiger partial charge in [0.25, 0.3) is 0 Å². The van der Waals surface area contributed by atoms with E-state index in [4.69, 9.17) is 13.0 Å². The molecule has 0 aromatic rings. The van der Waals surface area contributed by atoms with E-state index in [1.165, 1.54) is 0 Å². The van der Waals surface area contributed by atoms with Crippen LogP contribution in [0, 0.1) is 0 Å². The minimum atomic E-state index is -5.17. The molecule has 0 aromatic heterocycles. The molecule has 3 nitrogen and oxygen atoms in total. The standard InChI is InChI=1S/FHO3S.Sr.2H/c1-5(2,3)4;;;/h(H,2,3,4);;;. The molecule has 0 saturated heterocycles. The van der Waals surface area contributed by atoms with Gasteiger partial charge in [-0.1, -0.05) is 3.89 Å². The predicted molar refractivity (Wildman–Crippen MR) is 21.2 cm³/mol. The van der Waals surface area contributed by atoms with Crippen LogP contribution in [-0.4, -0.2) is 58.5 Å². The molecular weight excluding hydrogens is 187 g/mol. The van der Waals surface area contributed by atoms with Crippen LogP contribution >= 0.6 is 0 Å². The summed E-state index contributed by atoms with van der Waals surface area (Å²) in [6.07, 6.45) is 0.